The van der Waals surface area contributed by atoms with Crippen molar-refractivity contribution in [2.24, 2.45) is 0 Å². The van der Waals surface area contributed by atoms with Crippen LogP contribution in [-0.2, 0) is 27.8 Å². The number of benzene rings is 3. The van der Waals surface area contributed by atoms with Crippen molar-refractivity contribution >= 4 is 20.8 Å². The van der Waals surface area contributed by atoms with Crippen LogP contribution in [0.2, 0.25) is 0 Å². The van der Waals surface area contributed by atoms with Gasteiger partial charge in [-0.3, -0.25) is 0 Å². The summed E-state index contributed by atoms with van der Waals surface area (Å²) in [4.78, 5) is 0.295. The van der Waals surface area contributed by atoms with E-state index < -0.39 is 10.0 Å². The highest BCUT2D eigenvalue weighted by molar-refractivity contribution is 7.89. The van der Waals surface area contributed by atoms with E-state index in [9.17, 15) is 8.42 Å². The number of fused-ring (bicyclic) bond motifs is 1. The Hall–Kier alpha value is -2.93. The molecule has 0 aliphatic heterocycles. The molecule has 0 radical (unpaired) electrons. The van der Waals surface area contributed by atoms with E-state index in [-0.39, 0.29) is 13.1 Å². The summed E-state index contributed by atoms with van der Waals surface area (Å²) in [7, 11) is -2.11. The molecule has 4 aromatic rings. The Kier molecular flexibility index (Phi) is 6.51. The smallest absolute Gasteiger partial charge is 0.243 e. The summed E-state index contributed by atoms with van der Waals surface area (Å²) in [5, 5.41) is 1.92. The summed E-state index contributed by atoms with van der Waals surface area (Å²) < 4.78 is 35.9. The van der Waals surface area contributed by atoms with Gasteiger partial charge < -0.3 is 9.30 Å². The second-order valence-corrected chi connectivity index (χ2v) is 9.39. The molecule has 3 aromatic carbocycles. The SMILES string of the molecule is COCCN(Cc1cccn1Cc1ccccc1)S(=O)(=O)c1ccc2ccccc2c1. The van der Waals surface area contributed by atoms with Crippen molar-refractivity contribution in [3.63, 3.8) is 0 Å². The van der Waals surface area contributed by atoms with Crippen molar-refractivity contribution < 1.29 is 13.2 Å². The zero-order chi connectivity index (χ0) is 21.7. The van der Waals surface area contributed by atoms with Crippen LogP contribution in [-0.4, -0.2) is 37.6 Å². The molecular weight excluding hydrogens is 408 g/mol. The van der Waals surface area contributed by atoms with Gasteiger partial charge in [-0.1, -0.05) is 60.7 Å². The Balaban J connectivity index is 1.63. The molecule has 6 heteroatoms. The lowest BCUT2D eigenvalue weighted by Crippen LogP contribution is -2.34. The largest absolute Gasteiger partial charge is 0.383 e. The summed E-state index contributed by atoms with van der Waals surface area (Å²) in [6.07, 6.45) is 1.99. The molecule has 5 nitrogen and oxygen atoms in total. The van der Waals surface area contributed by atoms with Crippen LogP contribution in [0.25, 0.3) is 10.8 Å². The maximum Gasteiger partial charge on any atom is 0.243 e. The number of ether oxygens (including phenoxy) is 1. The Labute approximate surface area is 183 Å². The standard InChI is InChI=1S/C25H26N2O3S/c1-30-17-16-27(20-24-12-7-15-26(24)19-21-8-3-2-4-9-21)31(28,29)25-14-13-22-10-5-6-11-23(22)18-25/h2-15,18H,16-17,19-20H2,1H3. The zero-order valence-electron chi connectivity index (χ0n) is 17.5. The highest BCUT2D eigenvalue weighted by Gasteiger charge is 2.25. The van der Waals surface area contributed by atoms with Crippen molar-refractivity contribution in [2.75, 3.05) is 20.3 Å². The van der Waals surface area contributed by atoms with Gasteiger partial charge in [-0.15, -0.1) is 0 Å². The Morgan fingerprint density at radius 1 is 0.871 bits per heavy atom. The van der Waals surface area contributed by atoms with E-state index in [0.29, 0.717) is 18.0 Å². The lowest BCUT2D eigenvalue weighted by Gasteiger charge is -2.23. The first-order valence-corrected chi connectivity index (χ1v) is 11.7. The van der Waals surface area contributed by atoms with Crippen LogP contribution in [0.4, 0.5) is 0 Å². The monoisotopic (exact) mass is 434 g/mol. The van der Waals surface area contributed by atoms with Crippen molar-refractivity contribution in [3.8, 4) is 0 Å². The molecule has 4 rings (SSSR count). The fraction of sp³-hybridized carbons (Fsp3) is 0.200. The van der Waals surface area contributed by atoms with Gasteiger partial charge in [0.2, 0.25) is 10.0 Å². The third-order valence-corrected chi connectivity index (χ3v) is 7.20. The topological polar surface area (TPSA) is 51.5 Å². The van der Waals surface area contributed by atoms with Gasteiger partial charge in [-0.2, -0.15) is 4.31 Å². The minimum Gasteiger partial charge on any atom is -0.383 e. The molecule has 0 aliphatic carbocycles. The predicted molar refractivity (Wildman–Crippen MR) is 123 cm³/mol. The van der Waals surface area contributed by atoms with E-state index in [2.05, 4.69) is 16.7 Å². The van der Waals surface area contributed by atoms with Gasteiger partial charge in [-0.25, -0.2) is 8.42 Å². The average molecular weight is 435 g/mol. The summed E-state index contributed by atoms with van der Waals surface area (Å²) in [6, 6.07) is 27.1. The Morgan fingerprint density at radius 3 is 2.39 bits per heavy atom. The molecule has 1 aromatic heterocycles. The van der Waals surface area contributed by atoms with Crippen LogP contribution in [0.15, 0.2) is 96.0 Å². The van der Waals surface area contributed by atoms with Crippen LogP contribution in [0.1, 0.15) is 11.3 Å². The molecule has 0 spiro atoms. The van der Waals surface area contributed by atoms with Gasteiger partial charge in [0.05, 0.1) is 18.0 Å². The highest BCUT2D eigenvalue weighted by Crippen LogP contribution is 2.23. The normalized spacial score (nSPS) is 11.9. The van der Waals surface area contributed by atoms with Crippen LogP contribution in [0.5, 0.6) is 0 Å². The minimum absolute atomic E-state index is 0.276. The second-order valence-electron chi connectivity index (χ2n) is 7.45. The van der Waals surface area contributed by atoms with E-state index in [1.807, 2.05) is 66.9 Å². The summed E-state index contributed by atoms with van der Waals surface area (Å²) in [5.41, 5.74) is 2.10. The first-order chi connectivity index (χ1) is 15.1. The molecule has 1 heterocycles. The van der Waals surface area contributed by atoms with E-state index in [1.54, 1.807) is 19.2 Å². The number of nitrogens with zero attached hydrogens (tertiary/aromatic N) is 2. The van der Waals surface area contributed by atoms with Gasteiger partial charge in [0.25, 0.3) is 0 Å². The third-order valence-electron chi connectivity index (χ3n) is 5.36. The lowest BCUT2D eigenvalue weighted by molar-refractivity contribution is 0.176. The molecule has 0 saturated carbocycles. The van der Waals surface area contributed by atoms with E-state index in [0.717, 1.165) is 16.5 Å². The second kappa shape index (κ2) is 9.47. The molecule has 0 N–H and O–H groups in total. The maximum atomic E-state index is 13.5. The summed E-state index contributed by atoms with van der Waals surface area (Å²) >= 11 is 0. The first-order valence-electron chi connectivity index (χ1n) is 10.2. The molecule has 0 amide bonds. The number of aromatic nitrogens is 1. The zero-order valence-corrected chi connectivity index (χ0v) is 18.3. The maximum absolute atomic E-state index is 13.5. The Morgan fingerprint density at radius 2 is 1.61 bits per heavy atom. The highest BCUT2D eigenvalue weighted by atomic mass is 32.2. The van der Waals surface area contributed by atoms with Gasteiger partial charge in [0.15, 0.2) is 0 Å². The first kappa shape index (κ1) is 21.3. The third kappa shape index (κ3) is 4.88. The van der Waals surface area contributed by atoms with Crippen LogP contribution < -0.4 is 0 Å². The lowest BCUT2D eigenvalue weighted by atomic mass is 10.1. The van der Waals surface area contributed by atoms with Gasteiger partial charge in [-0.05, 0) is 40.6 Å². The fourth-order valence-electron chi connectivity index (χ4n) is 3.66. The van der Waals surface area contributed by atoms with Gasteiger partial charge in [0.1, 0.15) is 0 Å². The quantitative estimate of drug-likeness (QED) is 0.389. The minimum atomic E-state index is -3.69. The van der Waals surface area contributed by atoms with Crippen molar-refractivity contribution in [1.82, 2.24) is 8.87 Å². The van der Waals surface area contributed by atoms with Crippen LogP contribution in [0.3, 0.4) is 0 Å². The van der Waals surface area contributed by atoms with Crippen molar-refractivity contribution in [3.05, 3.63) is 102 Å². The predicted octanol–water partition coefficient (Wildman–Crippen LogP) is 4.53. The molecule has 0 saturated heterocycles. The molecular formula is C25H26N2O3S. The van der Waals surface area contributed by atoms with Crippen molar-refractivity contribution in [1.29, 1.82) is 0 Å². The van der Waals surface area contributed by atoms with Gasteiger partial charge >= 0.3 is 0 Å². The Bertz CT molecular complexity index is 1250. The van der Waals surface area contributed by atoms with Crippen LogP contribution in [0, 0.1) is 0 Å². The van der Waals surface area contributed by atoms with Gasteiger partial charge in [0, 0.05) is 32.1 Å². The number of sulfonamides is 1. The number of hydrogen-bond donors (Lipinski definition) is 0. The average Bonchev–Trinajstić information content (AvgIpc) is 3.23. The summed E-state index contributed by atoms with van der Waals surface area (Å²) in [5.74, 6) is 0. The molecule has 0 bridgehead atoms. The van der Waals surface area contributed by atoms with E-state index in [1.165, 1.54) is 9.87 Å². The van der Waals surface area contributed by atoms with Crippen LogP contribution >= 0.6 is 0 Å². The molecule has 160 valence electrons. The molecule has 0 fully saturated rings. The number of rotatable bonds is 9. The number of hydrogen-bond acceptors (Lipinski definition) is 3. The molecule has 0 aliphatic rings. The molecule has 0 atom stereocenters. The van der Waals surface area contributed by atoms with E-state index in [4.69, 9.17) is 4.74 Å². The summed E-state index contributed by atoms with van der Waals surface area (Å²) in [6.45, 7) is 1.57. The molecule has 31 heavy (non-hydrogen) atoms. The fourth-order valence-corrected chi connectivity index (χ4v) is 5.09. The molecule has 0 unspecified atom stereocenters. The van der Waals surface area contributed by atoms with E-state index >= 15 is 0 Å². The van der Waals surface area contributed by atoms with Crippen molar-refractivity contribution in [2.45, 2.75) is 18.0 Å². The number of methoxy groups -OCH3 is 1.